The lowest BCUT2D eigenvalue weighted by molar-refractivity contribution is 0.0992. The van der Waals surface area contributed by atoms with Crippen molar-refractivity contribution in [3.05, 3.63) is 35.4 Å². The van der Waals surface area contributed by atoms with E-state index in [1.807, 2.05) is 13.8 Å². The summed E-state index contributed by atoms with van der Waals surface area (Å²) in [6.45, 7) is 5.51. The number of carbonyl (C=O) groups excluding carboxylic acids is 1. The van der Waals surface area contributed by atoms with Gasteiger partial charge in [-0.25, -0.2) is 8.78 Å². The molecule has 0 saturated carbocycles. The molecule has 0 saturated heterocycles. The molecule has 0 radical (unpaired) electrons. The summed E-state index contributed by atoms with van der Waals surface area (Å²) in [7, 11) is -1.30. The van der Waals surface area contributed by atoms with Gasteiger partial charge in [-0.15, -0.1) is 0 Å². The van der Waals surface area contributed by atoms with Crippen LogP contribution in [0.15, 0.2) is 18.2 Å². The second kappa shape index (κ2) is 6.89. The summed E-state index contributed by atoms with van der Waals surface area (Å²) in [5, 5.41) is -0.709. The first-order valence-corrected chi connectivity index (χ1v) is 7.61. The van der Waals surface area contributed by atoms with Gasteiger partial charge in [-0.05, 0) is 31.0 Å². The van der Waals surface area contributed by atoms with Gasteiger partial charge < -0.3 is 0 Å². The maximum absolute atomic E-state index is 13.1. The smallest absolute Gasteiger partial charge is 0.178 e. The summed E-state index contributed by atoms with van der Waals surface area (Å²) >= 11 is 0. The number of Topliss-reactive ketones (excluding diaryl/α,β-unsaturated/α-hetero) is 1. The van der Waals surface area contributed by atoms with Crippen molar-refractivity contribution in [1.82, 2.24) is 0 Å². The van der Waals surface area contributed by atoms with Gasteiger partial charge in [0.05, 0.1) is 5.25 Å². The second-order valence-corrected chi connectivity index (χ2v) is 6.50. The molecule has 2 nitrogen and oxygen atoms in total. The molecular weight excluding hydrogens is 270 g/mol. The van der Waals surface area contributed by atoms with Crippen LogP contribution < -0.4 is 0 Å². The minimum absolute atomic E-state index is 0.0592. The van der Waals surface area contributed by atoms with E-state index in [-0.39, 0.29) is 11.5 Å². The van der Waals surface area contributed by atoms with Gasteiger partial charge in [-0.2, -0.15) is 0 Å². The summed E-state index contributed by atoms with van der Waals surface area (Å²) in [5.41, 5.74) is 0.0592. The summed E-state index contributed by atoms with van der Waals surface area (Å²) < 4.78 is 37.9. The monoisotopic (exact) mass is 288 g/mol. The Balaban J connectivity index is 2.81. The normalized spacial score (nSPS) is 15.8. The Morgan fingerprint density at radius 2 is 1.89 bits per heavy atom. The first kappa shape index (κ1) is 16.0. The standard InChI is InChI=1S/C14H18F2O2S/c1-4-9(2)8-19(18)10(3)14(17)11-5-6-12(15)13(16)7-11/h5-7,9-10H,4,8H2,1-3H3. The maximum Gasteiger partial charge on any atom is 0.178 e. The van der Waals surface area contributed by atoms with E-state index in [0.29, 0.717) is 5.75 Å². The molecule has 1 aromatic rings. The third kappa shape index (κ3) is 4.20. The number of hydrogen-bond donors (Lipinski definition) is 0. The fourth-order valence-corrected chi connectivity index (χ4v) is 3.01. The zero-order valence-electron chi connectivity index (χ0n) is 11.3. The van der Waals surface area contributed by atoms with Crippen LogP contribution in [0.2, 0.25) is 0 Å². The highest BCUT2D eigenvalue weighted by Gasteiger charge is 2.23. The third-order valence-corrected chi connectivity index (χ3v) is 5.01. The topological polar surface area (TPSA) is 34.1 Å². The highest BCUT2D eigenvalue weighted by molar-refractivity contribution is 7.86. The van der Waals surface area contributed by atoms with Gasteiger partial charge in [0.2, 0.25) is 0 Å². The van der Waals surface area contributed by atoms with Gasteiger partial charge in [-0.3, -0.25) is 9.00 Å². The fraction of sp³-hybridized carbons (Fsp3) is 0.500. The van der Waals surface area contributed by atoms with E-state index in [0.717, 1.165) is 18.6 Å². The van der Waals surface area contributed by atoms with Gasteiger partial charge in [0, 0.05) is 22.1 Å². The Morgan fingerprint density at radius 3 is 2.42 bits per heavy atom. The van der Waals surface area contributed by atoms with Crippen molar-refractivity contribution in [3.8, 4) is 0 Å². The van der Waals surface area contributed by atoms with Gasteiger partial charge in [0.1, 0.15) is 0 Å². The number of hydrogen-bond acceptors (Lipinski definition) is 2. The van der Waals surface area contributed by atoms with Crippen LogP contribution in [0, 0.1) is 17.6 Å². The predicted molar refractivity (Wildman–Crippen MR) is 72.6 cm³/mol. The van der Waals surface area contributed by atoms with Crippen LogP contribution in [0.25, 0.3) is 0 Å². The Kier molecular flexibility index (Phi) is 5.79. The second-order valence-electron chi connectivity index (χ2n) is 4.70. The summed E-state index contributed by atoms with van der Waals surface area (Å²) in [6, 6.07) is 2.99. The van der Waals surface area contributed by atoms with E-state index < -0.39 is 33.5 Å². The van der Waals surface area contributed by atoms with Crippen LogP contribution in [0.3, 0.4) is 0 Å². The Morgan fingerprint density at radius 1 is 1.26 bits per heavy atom. The first-order valence-electron chi connectivity index (χ1n) is 6.23. The molecule has 3 atom stereocenters. The molecule has 0 spiro atoms. The van der Waals surface area contributed by atoms with Crippen molar-refractivity contribution in [1.29, 1.82) is 0 Å². The molecule has 106 valence electrons. The maximum atomic E-state index is 13.1. The summed E-state index contributed by atoms with van der Waals surface area (Å²) in [4.78, 5) is 12.0. The predicted octanol–water partition coefficient (Wildman–Crippen LogP) is 3.33. The minimum atomic E-state index is -1.30. The molecule has 0 bridgehead atoms. The van der Waals surface area contributed by atoms with Gasteiger partial charge >= 0.3 is 0 Å². The van der Waals surface area contributed by atoms with Crippen LogP contribution >= 0.6 is 0 Å². The largest absolute Gasteiger partial charge is 0.293 e. The average molecular weight is 288 g/mol. The number of ketones is 1. The molecule has 0 amide bonds. The van der Waals surface area contributed by atoms with Crippen molar-refractivity contribution in [2.75, 3.05) is 5.75 Å². The molecule has 19 heavy (non-hydrogen) atoms. The van der Waals surface area contributed by atoms with Crippen LogP contribution in [0.1, 0.15) is 37.6 Å². The zero-order chi connectivity index (χ0) is 14.6. The summed E-state index contributed by atoms with van der Waals surface area (Å²) in [5.74, 6) is -1.77. The number of halogens is 2. The van der Waals surface area contributed by atoms with Crippen molar-refractivity contribution in [2.24, 2.45) is 5.92 Å². The SMILES string of the molecule is CCC(C)CS(=O)C(C)C(=O)c1ccc(F)c(F)c1. The molecule has 0 heterocycles. The van der Waals surface area contributed by atoms with Gasteiger partial charge in [-0.1, -0.05) is 20.3 Å². The van der Waals surface area contributed by atoms with Crippen LogP contribution in [0.4, 0.5) is 8.78 Å². The van der Waals surface area contributed by atoms with E-state index in [1.54, 1.807) is 6.92 Å². The first-order chi connectivity index (χ1) is 8.86. The van der Waals surface area contributed by atoms with Gasteiger partial charge in [0.15, 0.2) is 17.4 Å². The van der Waals surface area contributed by atoms with Crippen molar-refractivity contribution < 1.29 is 17.8 Å². The lowest BCUT2D eigenvalue weighted by Gasteiger charge is -2.13. The Labute approximate surface area is 114 Å². The molecule has 0 N–H and O–H groups in total. The molecule has 3 unspecified atom stereocenters. The third-order valence-electron chi connectivity index (χ3n) is 3.11. The molecule has 0 aliphatic heterocycles. The number of benzene rings is 1. The van der Waals surface area contributed by atoms with Gasteiger partial charge in [0.25, 0.3) is 0 Å². The molecule has 1 rings (SSSR count). The number of carbonyl (C=O) groups is 1. The number of rotatable bonds is 6. The van der Waals surface area contributed by atoms with Crippen molar-refractivity contribution in [2.45, 2.75) is 32.4 Å². The lowest BCUT2D eigenvalue weighted by Crippen LogP contribution is -2.26. The van der Waals surface area contributed by atoms with E-state index in [4.69, 9.17) is 0 Å². The molecule has 0 aromatic heterocycles. The average Bonchev–Trinajstić information content (AvgIpc) is 2.39. The lowest BCUT2D eigenvalue weighted by atomic mass is 10.1. The highest BCUT2D eigenvalue weighted by atomic mass is 32.2. The van der Waals surface area contributed by atoms with Crippen LogP contribution in [-0.2, 0) is 10.8 Å². The minimum Gasteiger partial charge on any atom is -0.293 e. The van der Waals surface area contributed by atoms with Crippen molar-refractivity contribution >= 4 is 16.6 Å². The Bertz CT molecular complexity index is 488. The molecule has 5 heteroatoms. The summed E-state index contributed by atoms with van der Waals surface area (Å²) in [6.07, 6.45) is 0.887. The molecule has 0 aliphatic rings. The van der Waals surface area contributed by atoms with Crippen LogP contribution in [0.5, 0.6) is 0 Å². The van der Waals surface area contributed by atoms with E-state index in [1.165, 1.54) is 6.07 Å². The van der Waals surface area contributed by atoms with Crippen LogP contribution in [-0.4, -0.2) is 21.0 Å². The Hall–Kier alpha value is -1.10. The molecule has 1 aromatic carbocycles. The quantitative estimate of drug-likeness (QED) is 0.752. The fourth-order valence-electron chi connectivity index (χ4n) is 1.55. The van der Waals surface area contributed by atoms with Crippen molar-refractivity contribution in [3.63, 3.8) is 0 Å². The van der Waals surface area contributed by atoms with E-state index >= 15 is 0 Å². The molecule has 0 aliphatic carbocycles. The molecular formula is C14H18F2O2S. The highest BCUT2D eigenvalue weighted by Crippen LogP contribution is 2.14. The van der Waals surface area contributed by atoms with E-state index in [9.17, 15) is 17.8 Å². The molecule has 0 fully saturated rings. The van der Waals surface area contributed by atoms with E-state index in [2.05, 4.69) is 0 Å². The zero-order valence-corrected chi connectivity index (χ0v) is 12.1.